The van der Waals surface area contributed by atoms with Crippen molar-refractivity contribution < 1.29 is 4.79 Å². The van der Waals surface area contributed by atoms with Crippen LogP contribution in [0.4, 0.5) is 0 Å². The highest BCUT2D eigenvalue weighted by atomic mass is 32.2. The molecule has 0 spiro atoms. The molecule has 0 radical (unpaired) electrons. The minimum atomic E-state index is 0.168. The van der Waals surface area contributed by atoms with Crippen molar-refractivity contribution in [2.24, 2.45) is 0 Å². The van der Waals surface area contributed by atoms with E-state index < -0.39 is 0 Å². The van der Waals surface area contributed by atoms with Gasteiger partial charge in [-0.2, -0.15) is 0 Å². The van der Waals surface area contributed by atoms with Crippen LogP contribution in [0.5, 0.6) is 0 Å². The van der Waals surface area contributed by atoms with Gasteiger partial charge in [-0.15, -0.1) is 0 Å². The van der Waals surface area contributed by atoms with Crippen molar-refractivity contribution in [3.63, 3.8) is 0 Å². The van der Waals surface area contributed by atoms with Crippen LogP contribution in [0.2, 0.25) is 0 Å². The average Bonchev–Trinajstić information content (AvgIpc) is 1.64. The molecule has 1 heterocycles. The second-order valence-electron chi connectivity index (χ2n) is 1.64. The van der Waals surface area contributed by atoms with Gasteiger partial charge in [-0.25, -0.2) is 0 Å². The normalized spacial score (nSPS) is 20.6. The number of hydrogen-bond acceptors (Lipinski definition) is 3. The van der Waals surface area contributed by atoms with E-state index in [1.165, 1.54) is 11.9 Å². The highest BCUT2D eigenvalue weighted by Gasteiger charge is 2.04. The molecule has 44 valence electrons. The van der Waals surface area contributed by atoms with E-state index >= 15 is 0 Å². The van der Waals surface area contributed by atoms with Crippen molar-refractivity contribution in [2.75, 3.05) is 6.54 Å². The maximum Gasteiger partial charge on any atom is 0.171 e. The van der Waals surface area contributed by atoms with E-state index in [9.17, 15) is 4.79 Å². The summed E-state index contributed by atoms with van der Waals surface area (Å²) in [5.41, 5.74) is 0. The lowest BCUT2D eigenvalue weighted by Gasteiger charge is -2.06. The van der Waals surface area contributed by atoms with Gasteiger partial charge in [-0.3, -0.25) is 9.52 Å². The van der Waals surface area contributed by atoms with E-state index in [-0.39, 0.29) is 5.78 Å². The summed E-state index contributed by atoms with van der Waals surface area (Å²) in [5.74, 6) is 0.168. The molecule has 2 nitrogen and oxygen atoms in total. The number of allylic oxidation sites excluding steroid dienone is 1. The van der Waals surface area contributed by atoms with Crippen LogP contribution in [0.25, 0.3) is 0 Å². The van der Waals surface area contributed by atoms with Gasteiger partial charge in [-0.1, -0.05) is 0 Å². The number of carbonyl (C=O) groups excluding carboxylic acids is 1. The Morgan fingerprint density at radius 2 is 2.62 bits per heavy atom. The third-order valence-electron chi connectivity index (χ3n) is 0.844. The van der Waals surface area contributed by atoms with Crippen molar-refractivity contribution >= 4 is 17.7 Å². The monoisotopic (exact) mass is 129 g/mol. The van der Waals surface area contributed by atoms with Gasteiger partial charge in [-0.05, 0) is 24.9 Å². The fourth-order valence-corrected chi connectivity index (χ4v) is 1.16. The Bertz CT molecular complexity index is 141. The van der Waals surface area contributed by atoms with Gasteiger partial charge in [0.15, 0.2) is 5.78 Å². The molecule has 1 aliphatic heterocycles. The highest BCUT2D eigenvalue weighted by molar-refractivity contribution is 8.01. The van der Waals surface area contributed by atoms with E-state index in [4.69, 9.17) is 0 Å². The summed E-state index contributed by atoms with van der Waals surface area (Å²) < 4.78 is 2.88. The fourth-order valence-electron chi connectivity index (χ4n) is 0.528. The molecule has 0 aliphatic carbocycles. The smallest absolute Gasteiger partial charge is 0.171 e. The lowest BCUT2D eigenvalue weighted by atomic mass is 10.3. The minimum Gasteiger partial charge on any atom is -0.293 e. The first-order chi connectivity index (χ1) is 3.79. The predicted molar refractivity (Wildman–Crippen MR) is 34.4 cm³/mol. The van der Waals surface area contributed by atoms with E-state index in [0.29, 0.717) is 6.54 Å². The average molecular weight is 129 g/mol. The van der Waals surface area contributed by atoms with Crippen LogP contribution in [0, 0.1) is 0 Å². The molecular weight excluding hydrogens is 122 g/mol. The van der Waals surface area contributed by atoms with Gasteiger partial charge in [0.2, 0.25) is 0 Å². The Kier molecular flexibility index (Phi) is 1.70. The summed E-state index contributed by atoms with van der Waals surface area (Å²) in [6.45, 7) is 2.39. The SMILES string of the molecule is CC1=CC(=O)CNS1. The Balaban J connectivity index is 2.64. The maximum absolute atomic E-state index is 10.5. The molecule has 0 aromatic carbocycles. The van der Waals surface area contributed by atoms with Gasteiger partial charge >= 0.3 is 0 Å². The van der Waals surface area contributed by atoms with Crippen LogP contribution in [-0.4, -0.2) is 12.3 Å². The number of carbonyl (C=O) groups is 1. The fraction of sp³-hybridized carbons (Fsp3) is 0.400. The summed E-state index contributed by atoms with van der Waals surface area (Å²) >= 11 is 1.51. The molecular formula is C5H7NOS. The first-order valence-electron chi connectivity index (χ1n) is 2.40. The maximum atomic E-state index is 10.5. The Hall–Kier alpha value is -0.280. The Labute approximate surface area is 52.5 Å². The van der Waals surface area contributed by atoms with Gasteiger partial charge < -0.3 is 0 Å². The van der Waals surface area contributed by atoms with Gasteiger partial charge in [0.1, 0.15) is 0 Å². The predicted octanol–water partition coefficient (Wildman–Crippen LogP) is 0.711. The quantitative estimate of drug-likeness (QED) is 0.488. The molecule has 0 unspecified atom stereocenters. The number of ketones is 1. The molecule has 3 heteroatoms. The summed E-state index contributed by atoms with van der Waals surface area (Å²) in [5, 5.41) is 0. The van der Waals surface area contributed by atoms with Crippen molar-refractivity contribution in [3.8, 4) is 0 Å². The molecule has 0 fully saturated rings. The van der Waals surface area contributed by atoms with E-state index in [2.05, 4.69) is 4.72 Å². The summed E-state index contributed by atoms with van der Waals surface area (Å²) in [6.07, 6.45) is 1.65. The zero-order chi connectivity index (χ0) is 5.98. The number of hydrogen-bond donors (Lipinski definition) is 1. The molecule has 0 aromatic heterocycles. The molecule has 1 N–H and O–H groups in total. The minimum absolute atomic E-state index is 0.168. The summed E-state index contributed by atoms with van der Waals surface area (Å²) in [4.78, 5) is 11.6. The van der Waals surface area contributed by atoms with Gasteiger partial charge in [0, 0.05) is 4.91 Å². The molecule has 0 atom stereocenters. The van der Waals surface area contributed by atoms with E-state index in [1.807, 2.05) is 6.92 Å². The van der Waals surface area contributed by atoms with Crippen molar-refractivity contribution in [2.45, 2.75) is 6.92 Å². The first-order valence-corrected chi connectivity index (χ1v) is 3.21. The van der Waals surface area contributed by atoms with E-state index in [0.717, 1.165) is 4.91 Å². The molecule has 1 aliphatic rings. The number of rotatable bonds is 0. The standard InChI is InChI=1S/C5H7NOS/c1-4-2-5(7)3-6-8-4/h2,6H,3H2,1H3. The van der Waals surface area contributed by atoms with Crippen molar-refractivity contribution in [3.05, 3.63) is 11.0 Å². The Morgan fingerprint density at radius 3 is 3.00 bits per heavy atom. The second-order valence-corrected chi connectivity index (χ2v) is 2.78. The van der Waals surface area contributed by atoms with Crippen LogP contribution in [0.15, 0.2) is 11.0 Å². The highest BCUT2D eigenvalue weighted by Crippen LogP contribution is 2.12. The van der Waals surface area contributed by atoms with Crippen molar-refractivity contribution in [1.29, 1.82) is 0 Å². The summed E-state index contributed by atoms with van der Waals surface area (Å²) in [6, 6.07) is 0. The molecule has 0 saturated heterocycles. The first kappa shape index (κ1) is 5.85. The third kappa shape index (κ3) is 1.35. The van der Waals surface area contributed by atoms with Crippen LogP contribution < -0.4 is 4.72 Å². The molecule has 0 saturated carbocycles. The van der Waals surface area contributed by atoms with Crippen LogP contribution in [0.1, 0.15) is 6.92 Å². The second kappa shape index (κ2) is 2.33. The molecule has 8 heavy (non-hydrogen) atoms. The van der Waals surface area contributed by atoms with Gasteiger partial charge in [0.25, 0.3) is 0 Å². The van der Waals surface area contributed by atoms with Gasteiger partial charge in [0.05, 0.1) is 6.54 Å². The van der Waals surface area contributed by atoms with Crippen LogP contribution >= 0.6 is 11.9 Å². The van der Waals surface area contributed by atoms with Crippen LogP contribution in [0.3, 0.4) is 0 Å². The molecule has 1 rings (SSSR count). The molecule has 0 bridgehead atoms. The third-order valence-corrected chi connectivity index (χ3v) is 1.57. The van der Waals surface area contributed by atoms with Crippen LogP contribution in [-0.2, 0) is 4.79 Å². The molecule has 0 amide bonds. The Morgan fingerprint density at radius 1 is 1.88 bits per heavy atom. The lowest BCUT2D eigenvalue weighted by Crippen LogP contribution is -2.18. The zero-order valence-electron chi connectivity index (χ0n) is 4.60. The largest absolute Gasteiger partial charge is 0.293 e. The number of nitrogens with one attached hydrogen (secondary N) is 1. The summed E-state index contributed by atoms with van der Waals surface area (Å²) in [7, 11) is 0. The van der Waals surface area contributed by atoms with Crippen molar-refractivity contribution in [1.82, 2.24) is 4.72 Å². The molecule has 0 aromatic rings. The topological polar surface area (TPSA) is 29.1 Å². The lowest BCUT2D eigenvalue weighted by molar-refractivity contribution is -0.113. The zero-order valence-corrected chi connectivity index (χ0v) is 5.42. The van der Waals surface area contributed by atoms with E-state index in [1.54, 1.807) is 6.08 Å².